The Bertz CT molecular complexity index is 1690. The minimum atomic E-state index is -4.68. The summed E-state index contributed by atoms with van der Waals surface area (Å²) in [6, 6.07) is 7.76. The number of aromatic nitrogens is 3. The Balaban J connectivity index is 1.71. The molecule has 2 heterocycles. The molecule has 2 aromatic carbocycles. The number of sulfonamides is 1. The molecule has 42 heavy (non-hydrogen) atoms. The Morgan fingerprint density at radius 1 is 1.12 bits per heavy atom. The van der Waals surface area contributed by atoms with E-state index < -0.39 is 40.4 Å². The van der Waals surface area contributed by atoms with Gasteiger partial charge in [0.2, 0.25) is 0 Å². The maximum atomic E-state index is 14.1. The van der Waals surface area contributed by atoms with Gasteiger partial charge in [0.1, 0.15) is 16.5 Å². The average Bonchev–Trinajstić information content (AvgIpc) is 3.45. The second-order valence-electron chi connectivity index (χ2n) is 8.19. The molecule has 2 amide bonds. The molecule has 0 aliphatic rings. The summed E-state index contributed by atoms with van der Waals surface area (Å²) in [6.45, 7) is -1.70. The van der Waals surface area contributed by atoms with Crippen LogP contribution in [0.25, 0.3) is 11.1 Å². The van der Waals surface area contributed by atoms with Crippen LogP contribution in [-0.4, -0.2) is 55.1 Å². The summed E-state index contributed by atoms with van der Waals surface area (Å²) in [5.74, 6) is -1.58. The Labute approximate surface area is 245 Å². The van der Waals surface area contributed by atoms with Gasteiger partial charge in [0.25, 0.3) is 10.0 Å². The first-order chi connectivity index (χ1) is 19.8. The van der Waals surface area contributed by atoms with Crippen LogP contribution in [0.2, 0.25) is 5.02 Å². The number of amides is 2. The first-order valence-electron chi connectivity index (χ1n) is 11.5. The van der Waals surface area contributed by atoms with Crippen molar-refractivity contribution in [3.63, 3.8) is 0 Å². The Kier molecular flexibility index (Phi) is 9.03. The number of carbonyl (C=O) groups is 1. The molecule has 0 saturated carbocycles. The number of benzene rings is 2. The van der Waals surface area contributed by atoms with Gasteiger partial charge >= 0.3 is 12.2 Å². The highest BCUT2D eigenvalue weighted by atomic mass is 35.5. The number of alkyl halides is 3. The van der Waals surface area contributed by atoms with Crippen LogP contribution in [0, 0.1) is 5.82 Å². The van der Waals surface area contributed by atoms with Crippen LogP contribution in [0.4, 0.5) is 39.7 Å². The van der Waals surface area contributed by atoms with Gasteiger partial charge in [-0.25, -0.2) is 27.5 Å². The smallest absolute Gasteiger partial charge is 0.422 e. The van der Waals surface area contributed by atoms with Gasteiger partial charge in [0.05, 0.1) is 35.7 Å². The summed E-state index contributed by atoms with van der Waals surface area (Å²) >= 11 is 7.33. The second kappa shape index (κ2) is 12.3. The number of pyridine rings is 1. The third kappa shape index (κ3) is 6.97. The molecule has 2 N–H and O–H groups in total. The number of ether oxygens (including phenoxy) is 2. The van der Waals surface area contributed by atoms with Crippen molar-refractivity contribution in [1.29, 1.82) is 0 Å². The van der Waals surface area contributed by atoms with E-state index in [1.165, 1.54) is 50.7 Å². The third-order valence-electron chi connectivity index (χ3n) is 5.42. The number of nitrogens with zero attached hydrogens (tertiary/aromatic N) is 4. The van der Waals surface area contributed by atoms with Crippen LogP contribution in [0.5, 0.6) is 11.5 Å². The van der Waals surface area contributed by atoms with E-state index in [0.29, 0.717) is 0 Å². The van der Waals surface area contributed by atoms with Crippen LogP contribution in [-0.2, 0) is 10.0 Å². The Morgan fingerprint density at radius 3 is 2.48 bits per heavy atom. The van der Waals surface area contributed by atoms with E-state index in [1.807, 2.05) is 0 Å². The lowest BCUT2D eigenvalue weighted by molar-refractivity contribution is -0.153. The molecule has 2 aromatic heterocycles. The molecule has 0 atom stereocenters. The lowest BCUT2D eigenvalue weighted by Gasteiger charge is -2.24. The van der Waals surface area contributed by atoms with Gasteiger partial charge in [0.15, 0.2) is 24.0 Å². The van der Waals surface area contributed by atoms with Gasteiger partial charge in [0, 0.05) is 18.8 Å². The predicted molar refractivity (Wildman–Crippen MR) is 146 cm³/mol. The molecule has 0 fully saturated rings. The van der Waals surface area contributed by atoms with Crippen molar-refractivity contribution in [3.8, 4) is 22.6 Å². The lowest BCUT2D eigenvalue weighted by Crippen LogP contribution is -2.35. The number of halogens is 5. The van der Waals surface area contributed by atoms with E-state index in [9.17, 15) is 30.8 Å². The molecular formula is C24H19ClF4N6O5S2. The summed E-state index contributed by atoms with van der Waals surface area (Å²) < 4.78 is 97.1. The molecular weight excluding hydrogens is 628 g/mol. The highest BCUT2D eigenvalue weighted by Crippen LogP contribution is 2.42. The molecule has 0 saturated heterocycles. The lowest BCUT2D eigenvalue weighted by atomic mass is 10.0. The van der Waals surface area contributed by atoms with Crippen LogP contribution in [0.3, 0.4) is 0 Å². The first kappa shape index (κ1) is 30.7. The molecule has 11 nitrogen and oxygen atoms in total. The van der Waals surface area contributed by atoms with Gasteiger partial charge in [-0.2, -0.15) is 21.9 Å². The van der Waals surface area contributed by atoms with Gasteiger partial charge in [-0.3, -0.25) is 4.72 Å². The summed E-state index contributed by atoms with van der Waals surface area (Å²) in [7, 11) is -1.42. The van der Waals surface area contributed by atoms with Gasteiger partial charge in [-0.1, -0.05) is 17.7 Å². The summed E-state index contributed by atoms with van der Waals surface area (Å²) in [5, 5.41) is 2.45. The number of carbonyl (C=O) groups excluding carboxylic acids is 1. The number of hydrogen-bond donors (Lipinski definition) is 2. The van der Waals surface area contributed by atoms with Crippen molar-refractivity contribution in [1.82, 2.24) is 19.0 Å². The van der Waals surface area contributed by atoms with Gasteiger partial charge in [-0.15, -0.1) is 0 Å². The Morgan fingerprint density at radius 2 is 1.88 bits per heavy atom. The van der Waals surface area contributed by atoms with Crippen molar-refractivity contribution in [2.75, 3.05) is 30.4 Å². The van der Waals surface area contributed by atoms with E-state index in [2.05, 4.69) is 28.5 Å². The number of rotatable bonds is 9. The standard InChI is InChI=1S/C24H19ClF4N6O5S2/c1-30-23(36)35(22-6-4-14(10-31-22)42(37,38)34-21-11-32-41-33-21)18-9-16(25)15(8-20(18)39-2)13-3-5-17(26)19(7-13)40-12-24(27,28)29/h3-11H,12H2,1-2H3,(H,30,36)(H,33,34). The van der Waals surface area contributed by atoms with Crippen molar-refractivity contribution in [2.45, 2.75) is 11.1 Å². The highest BCUT2D eigenvalue weighted by Gasteiger charge is 2.29. The fraction of sp³-hybridized carbons (Fsp3) is 0.167. The Hall–Kier alpha value is -4.22. The molecule has 0 radical (unpaired) electrons. The molecule has 18 heteroatoms. The SMILES string of the molecule is CNC(=O)N(c1ccc(S(=O)(=O)Nc2cnsn2)cn1)c1cc(Cl)c(-c2ccc(F)c(OCC(F)(F)F)c2)cc1OC. The van der Waals surface area contributed by atoms with Crippen LogP contribution in [0.1, 0.15) is 0 Å². The van der Waals surface area contributed by atoms with Gasteiger partial charge in [-0.05, 0) is 42.0 Å². The second-order valence-corrected chi connectivity index (χ2v) is 10.8. The molecule has 222 valence electrons. The number of urea groups is 1. The number of anilines is 3. The zero-order valence-corrected chi connectivity index (χ0v) is 23.8. The molecule has 0 aliphatic heterocycles. The molecule has 0 unspecified atom stereocenters. The molecule has 0 spiro atoms. The number of hydrogen-bond acceptors (Lipinski definition) is 9. The normalized spacial score (nSPS) is 11.6. The monoisotopic (exact) mass is 646 g/mol. The summed E-state index contributed by atoms with van der Waals surface area (Å²) in [4.78, 5) is 17.9. The summed E-state index contributed by atoms with van der Waals surface area (Å²) in [6.07, 6.45) is -2.42. The van der Waals surface area contributed by atoms with Crippen molar-refractivity contribution < 1.29 is 40.2 Å². The van der Waals surface area contributed by atoms with E-state index in [-0.39, 0.29) is 44.1 Å². The molecule has 4 rings (SSSR count). The minimum Gasteiger partial charge on any atom is -0.495 e. The van der Waals surface area contributed by atoms with Crippen LogP contribution >= 0.6 is 23.3 Å². The largest absolute Gasteiger partial charge is 0.495 e. The van der Waals surface area contributed by atoms with E-state index >= 15 is 0 Å². The summed E-state index contributed by atoms with van der Waals surface area (Å²) in [5.41, 5.74) is 0.504. The molecule has 0 bridgehead atoms. The van der Waals surface area contributed by atoms with E-state index in [4.69, 9.17) is 16.3 Å². The quantitative estimate of drug-likeness (QED) is 0.224. The van der Waals surface area contributed by atoms with Crippen LogP contribution in [0.15, 0.2) is 59.8 Å². The molecule has 0 aliphatic carbocycles. The molecule has 4 aromatic rings. The first-order valence-corrected chi connectivity index (χ1v) is 14.1. The maximum Gasteiger partial charge on any atom is 0.422 e. The zero-order valence-electron chi connectivity index (χ0n) is 21.4. The van der Waals surface area contributed by atoms with Crippen LogP contribution < -0.4 is 24.4 Å². The van der Waals surface area contributed by atoms with Crippen molar-refractivity contribution in [3.05, 3.63) is 65.7 Å². The minimum absolute atomic E-state index is 0.00773. The number of nitrogens with one attached hydrogen (secondary N) is 2. The van der Waals surface area contributed by atoms with Gasteiger partial charge < -0.3 is 14.8 Å². The fourth-order valence-electron chi connectivity index (χ4n) is 3.56. The predicted octanol–water partition coefficient (Wildman–Crippen LogP) is 5.62. The maximum absolute atomic E-state index is 14.1. The van der Waals surface area contributed by atoms with E-state index in [0.717, 1.165) is 35.0 Å². The van der Waals surface area contributed by atoms with Crippen molar-refractivity contribution >= 4 is 56.7 Å². The topological polar surface area (TPSA) is 136 Å². The van der Waals surface area contributed by atoms with Crippen molar-refractivity contribution in [2.24, 2.45) is 0 Å². The highest BCUT2D eigenvalue weighted by molar-refractivity contribution is 7.92. The number of methoxy groups -OCH3 is 1. The zero-order chi connectivity index (χ0) is 30.7. The average molecular weight is 647 g/mol. The fourth-order valence-corrected chi connectivity index (χ4v) is 5.19. The van der Waals surface area contributed by atoms with E-state index in [1.54, 1.807) is 0 Å². The third-order valence-corrected chi connectivity index (χ3v) is 7.55.